The van der Waals surface area contributed by atoms with Gasteiger partial charge >= 0.3 is 0 Å². The lowest BCUT2D eigenvalue weighted by atomic mass is 9.91. The first-order valence-electron chi connectivity index (χ1n) is 5.62. The molecule has 0 bridgehead atoms. The Bertz CT molecular complexity index is 211. The molecule has 1 fully saturated rings. The molecule has 1 aliphatic heterocycles. The number of nitrogens with two attached hydrogens (primary N) is 1. The first-order valence-corrected chi connectivity index (χ1v) is 5.62. The second-order valence-electron chi connectivity index (χ2n) is 4.00. The fourth-order valence-electron chi connectivity index (χ4n) is 1.75. The van der Waals surface area contributed by atoms with Crippen molar-refractivity contribution >= 4 is 5.91 Å². The second kappa shape index (κ2) is 5.44. The molecule has 0 atom stereocenters. The average Bonchev–Trinajstić information content (AvgIpc) is 2.15. The number of hydrogen-bond donors (Lipinski definition) is 3. The van der Waals surface area contributed by atoms with Gasteiger partial charge < -0.3 is 16.0 Å². The van der Waals surface area contributed by atoms with Gasteiger partial charge in [0.15, 0.2) is 0 Å². The number of primary amides is 1. The van der Waals surface area contributed by atoms with Gasteiger partial charge in [0.1, 0.15) is 5.54 Å². The summed E-state index contributed by atoms with van der Waals surface area (Å²) in [5.41, 5.74) is 4.87. The highest BCUT2D eigenvalue weighted by Gasteiger charge is 2.42. The molecule has 0 aromatic heterocycles. The van der Waals surface area contributed by atoms with E-state index in [1.54, 1.807) is 0 Å². The number of likely N-dealkylation sites (N-methyl/N-ethyl adjacent to an activating group) is 1. The Balaban J connectivity index is 2.26. The first kappa shape index (κ1) is 12.4. The molecule has 88 valence electrons. The topological polar surface area (TPSA) is 70.4 Å². The van der Waals surface area contributed by atoms with Crippen LogP contribution in [0.4, 0.5) is 0 Å². The molecule has 0 radical (unpaired) electrons. The van der Waals surface area contributed by atoms with E-state index in [2.05, 4.69) is 29.4 Å². The van der Waals surface area contributed by atoms with Crippen LogP contribution in [-0.4, -0.2) is 55.6 Å². The highest BCUT2D eigenvalue weighted by molar-refractivity contribution is 5.86. The van der Waals surface area contributed by atoms with E-state index >= 15 is 0 Å². The number of carbonyl (C=O) groups is 1. The minimum Gasteiger partial charge on any atom is -0.368 e. The van der Waals surface area contributed by atoms with Crippen molar-refractivity contribution in [1.29, 1.82) is 0 Å². The Kier molecular flexibility index (Phi) is 4.50. The molecule has 0 saturated carbocycles. The quantitative estimate of drug-likeness (QED) is 0.495. The molecule has 1 saturated heterocycles. The van der Waals surface area contributed by atoms with E-state index < -0.39 is 5.54 Å². The van der Waals surface area contributed by atoms with Crippen LogP contribution in [0.5, 0.6) is 0 Å². The third kappa shape index (κ3) is 2.90. The Morgan fingerprint density at radius 2 is 2.07 bits per heavy atom. The monoisotopic (exact) mass is 214 g/mol. The van der Waals surface area contributed by atoms with E-state index in [1.165, 1.54) is 0 Å². The normalized spacial score (nSPS) is 18.9. The van der Waals surface area contributed by atoms with Crippen LogP contribution in [-0.2, 0) is 4.79 Å². The largest absolute Gasteiger partial charge is 0.368 e. The van der Waals surface area contributed by atoms with Gasteiger partial charge in [-0.25, -0.2) is 0 Å². The Morgan fingerprint density at radius 1 is 1.47 bits per heavy atom. The maximum atomic E-state index is 11.2. The van der Waals surface area contributed by atoms with Crippen LogP contribution >= 0.6 is 0 Å². The predicted molar refractivity (Wildman–Crippen MR) is 60.6 cm³/mol. The number of nitrogens with one attached hydrogen (secondary N) is 2. The van der Waals surface area contributed by atoms with Crippen LogP contribution in [0.3, 0.4) is 0 Å². The molecular formula is C10H22N4O. The Morgan fingerprint density at radius 3 is 2.40 bits per heavy atom. The number of amides is 1. The van der Waals surface area contributed by atoms with Crippen molar-refractivity contribution < 1.29 is 4.79 Å². The molecule has 5 heteroatoms. The molecular weight excluding hydrogens is 192 g/mol. The van der Waals surface area contributed by atoms with Crippen molar-refractivity contribution in [3.8, 4) is 0 Å². The van der Waals surface area contributed by atoms with Crippen molar-refractivity contribution in [3.05, 3.63) is 0 Å². The summed E-state index contributed by atoms with van der Waals surface area (Å²) in [5.74, 6) is -0.249. The summed E-state index contributed by atoms with van der Waals surface area (Å²) >= 11 is 0. The summed E-state index contributed by atoms with van der Waals surface area (Å²) in [5, 5.41) is 6.33. The smallest absolute Gasteiger partial charge is 0.240 e. The lowest BCUT2D eigenvalue weighted by Crippen LogP contribution is -2.74. The SMILES string of the molecule is CCN(CC)CCNC1(C(N)=O)CNC1. The number of nitrogens with zero attached hydrogens (tertiary/aromatic N) is 1. The minimum atomic E-state index is -0.493. The molecule has 0 aromatic carbocycles. The van der Waals surface area contributed by atoms with Crippen LogP contribution in [0.1, 0.15) is 13.8 Å². The molecule has 4 N–H and O–H groups in total. The molecule has 1 amide bonds. The highest BCUT2D eigenvalue weighted by Crippen LogP contribution is 2.09. The van der Waals surface area contributed by atoms with Gasteiger partial charge in [-0.1, -0.05) is 13.8 Å². The van der Waals surface area contributed by atoms with Gasteiger partial charge in [0.2, 0.25) is 5.91 Å². The number of carbonyl (C=O) groups excluding carboxylic acids is 1. The van der Waals surface area contributed by atoms with E-state index in [4.69, 9.17) is 5.73 Å². The van der Waals surface area contributed by atoms with E-state index in [9.17, 15) is 4.79 Å². The predicted octanol–water partition coefficient (Wildman–Crippen LogP) is -1.25. The van der Waals surface area contributed by atoms with Crippen LogP contribution < -0.4 is 16.4 Å². The lowest BCUT2D eigenvalue weighted by molar-refractivity contribution is -0.126. The minimum absolute atomic E-state index is 0.249. The number of hydrogen-bond acceptors (Lipinski definition) is 4. The fraction of sp³-hybridized carbons (Fsp3) is 0.900. The maximum Gasteiger partial charge on any atom is 0.240 e. The molecule has 1 aliphatic rings. The first-order chi connectivity index (χ1) is 7.14. The van der Waals surface area contributed by atoms with Crippen molar-refractivity contribution in [2.24, 2.45) is 5.73 Å². The lowest BCUT2D eigenvalue weighted by Gasteiger charge is -2.40. The zero-order valence-electron chi connectivity index (χ0n) is 9.68. The van der Waals surface area contributed by atoms with E-state index in [0.29, 0.717) is 13.1 Å². The van der Waals surface area contributed by atoms with Gasteiger partial charge in [-0.15, -0.1) is 0 Å². The molecule has 5 nitrogen and oxygen atoms in total. The van der Waals surface area contributed by atoms with Gasteiger partial charge in [0, 0.05) is 26.2 Å². The molecule has 1 heterocycles. The highest BCUT2D eigenvalue weighted by atomic mass is 16.1. The summed E-state index contributed by atoms with van der Waals surface area (Å²) in [6.45, 7) is 9.44. The molecule has 0 unspecified atom stereocenters. The standard InChI is InChI=1S/C10H22N4O/c1-3-14(4-2)6-5-13-10(9(11)15)7-12-8-10/h12-13H,3-8H2,1-2H3,(H2,11,15). The summed E-state index contributed by atoms with van der Waals surface area (Å²) in [7, 11) is 0. The maximum absolute atomic E-state index is 11.2. The van der Waals surface area contributed by atoms with Crippen LogP contribution in [0, 0.1) is 0 Å². The van der Waals surface area contributed by atoms with Crippen LogP contribution in [0.25, 0.3) is 0 Å². The fourth-order valence-corrected chi connectivity index (χ4v) is 1.75. The summed E-state index contributed by atoms with van der Waals surface area (Å²) in [4.78, 5) is 13.5. The molecule has 15 heavy (non-hydrogen) atoms. The van der Waals surface area contributed by atoms with Gasteiger partial charge in [0.05, 0.1) is 0 Å². The molecule has 0 aromatic rings. The van der Waals surface area contributed by atoms with E-state index in [0.717, 1.165) is 26.2 Å². The van der Waals surface area contributed by atoms with Gasteiger partial charge in [0.25, 0.3) is 0 Å². The number of rotatable bonds is 7. The van der Waals surface area contributed by atoms with E-state index in [1.807, 2.05) is 0 Å². The molecule has 1 rings (SSSR count). The van der Waals surface area contributed by atoms with E-state index in [-0.39, 0.29) is 5.91 Å². The van der Waals surface area contributed by atoms with Gasteiger partial charge in [-0.3, -0.25) is 10.1 Å². The van der Waals surface area contributed by atoms with Crippen molar-refractivity contribution in [2.75, 3.05) is 39.3 Å². The van der Waals surface area contributed by atoms with Crippen molar-refractivity contribution in [3.63, 3.8) is 0 Å². The summed E-state index contributed by atoms with van der Waals surface area (Å²) in [6.07, 6.45) is 0. The van der Waals surface area contributed by atoms with Crippen molar-refractivity contribution in [1.82, 2.24) is 15.5 Å². The average molecular weight is 214 g/mol. The second-order valence-corrected chi connectivity index (χ2v) is 4.00. The zero-order chi connectivity index (χ0) is 11.3. The summed E-state index contributed by atoms with van der Waals surface area (Å²) < 4.78 is 0. The van der Waals surface area contributed by atoms with Crippen LogP contribution in [0.15, 0.2) is 0 Å². The van der Waals surface area contributed by atoms with Crippen LogP contribution in [0.2, 0.25) is 0 Å². The van der Waals surface area contributed by atoms with Gasteiger partial charge in [-0.2, -0.15) is 0 Å². The molecule has 0 spiro atoms. The van der Waals surface area contributed by atoms with Crippen molar-refractivity contribution in [2.45, 2.75) is 19.4 Å². The summed E-state index contributed by atoms with van der Waals surface area (Å²) in [6, 6.07) is 0. The zero-order valence-corrected chi connectivity index (χ0v) is 9.68. The molecule has 0 aliphatic carbocycles. The third-order valence-corrected chi connectivity index (χ3v) is 3.11. The van der Waals surface area contributed by atoms with Gasteiger partial charge in [-0.05, 0) is 13.1 Å². The Labute approximate surface area is 91.4 Å². The third-order valence-electron chi connectivity index (χ3n) is 3.11. The Hall–Kier alpha value is -0.650.